The molecular formula is C11H15BrS. The first-order valence-corrected chi connectivity index (χ1v) is 6.67. The van der Waals surface area contributed by atoms with Crippen LogP contribution in [0.4, 0.5) is 0 Å². The number of hydrogen-bond acceptors (Lipinski definition) is 1. The van der Waals surface area contributed by atoms with Crippen molar-refractivity contribution in [3.8, 4) is 0 Å². The highest BCUT2D eigenvalue weighted by Gasteiger charge is 1.99. The van der Waals surface area contributed by atoms with Crippen molar-refractivity contribution in [3.63, 3.8) is 0 Å². The van der Waals surface area contributed by atoms with Crippen LogP contribution in [0.1, 0.15) is 30.2 Å². The van der Waals surface area contributed by atoms with Crippen molar-refractivity contribution in [1.82, 2.24) is 0 Å². The molecule has 0 bridgehead atoms. The average molecular weight is 259 g/mol. The van der Waals surface area contributed by atoms with E-state index < -0.39 is 0 Å². The Morgan fingerprint density at radius 2 is 2.38 bits per heavy atom. The van der Waals surface area contributed by atoms with Crippen molar-refractivity contribution in [2.24, 2.45) is 0 Å². The molecule has 2 heteroatoms. The van der Waals surface area contributed by atoms with E-state index in [-0.39, 0.29) is 0 Å². The number of thiophene rings is 1. The number of aryl methyl sites for hydroxylation is 1. The van der Waals surface area contributed by atoms with Crippen LogP contribution in [0.25, 0.3) is 6.08 Å². The van der Waals surface area contributed by atoms with Gasteiger partial charge < -0.3 is 0 Å². The zero-order valence-electron chi connectivity index (χ0n) is 7.92. The summed E-state index contributed by atoms with van der Waals surface area (Å²) in [5.74, 6) is 0. The lowest BCUT2D eigenvalue weighted by molar-refractivity contribution is 0.796. The highest BCUT2D eigenvalue weighted by atomic mass is 79.9. The summed E-state index contributed by atoms with van der Waals surface area (Å²) in [7, 11) is 0. The van der Waals surface area contributed by atoms with E-state index in [4.69, 9.17) is 0 Å². The van der Waals surface area contributed by atoms with Crippen LogP contribution in [-0.2, 0) is 6.42 Å². The minimum atomic E-state index is 0.943. The van der Waals surface area contributed by atoms with Crippen molar-refractivity contribution in [1.29, 1.82) is 0 Å². The molecule has 0 saturated carbocycles. The van der Waals surface area contributed by atoms with Crippen LogP contribution in [0.2, 0.25) is 0 Å². The molecule has 0 radical (unpaired) electrons. The Hall–Kier alpha value is -0.0800. The molecule has 72 valence electrons. The van der Waals surface area contributed by atoms with Crippen molar-refractivity contribution < 1.29 is 0 Å². The van der Waals surface area contributed by atoms with Gasteiger partial charge in [0, 0.05) is 10.2 Å². The second-order valence-electron chi connectivity index (χ2n) is 2.97. The number of unbranched alkanes of at least 4 members (excludes halogenated alkanes) is 1. The van der Waals surface area contributed by atoms with Gasteiger partial charge in [0.2, 0.25) is 0 Å². The van der Waals surface area contributed by atoms with E-state index in [1.165, 1.54) is 29.7 Å². The summed E-state index contributed by atoms with van der Waals surface area (Å²) in [6.07, 6.45) is 8.16. The Balaban J connectivity index is 2.60. The second kappa shape index (κ2) is 6.39. The molecular weight excluding hydrogens is 244 g/mol. The molecule has 1 aromatic heterocycles. The number of halogens is 1. The second-order valence-corrected chi connectivity index (χ2v) is 4.57. The van der Waals surface area contributed by atoms with Gasteiger partial charge in [0.1, 0.15) is 0 Å². The summed E-state index contributed by atoms with van der Waals surface area (Å²) in [6, 6.07) is 2.24. The van der Waals surface area contributed by atoms with Crippen LogP contribution < -0.4 is 0 Å². The third kappa shape index (κ3) is 3.65. The Morgan fingerprint density at radius 1 is 1.54 bits per heavy atom. The normalized spacial score (nSPS) is 11.2. The lowest BCUT2D eigenvalue weighted by Gasteiger charge is -1.97. The fourth-order valence-electron chi connectivity index (χ4n) is 1.22. The molecule has 0 nitrogen and oxygen atoms in total. The molecule has 0 N–H and O–H groups in total. The fraction of sp³-hybridized carbons (Fsp3) is 0.455. The molecule has 0 saturated heterocycles. The van der Waals surface area contributed by atoms with E-state index in [0.717, 1.165) is 5.33 Å². The SMILES string of the molecule is CCCCc1ccsc1C=CCBr. The minimum Gasteiger partial charge on any atom is -0.144 e. The number of alkyl halides is 1. The van der Waals surface area contributed by atoms with Crippen LogP contribution >= 0.6 is 27.3 Å². The molecule has 0 fully saturated rings. The summed E-state index contributed by atoms with van der Waals surface area (Å²) >= 11 is 5.22. The van der Waals surface area contributed by atoms with Crippen LogP contribution in [0.5, 0.6) is 0 Å². The van der Waals surface area contributed by atoms with Gasteiger partial charge in [-0.15, -0.1) is 11.3 Å². The summed E-state index contributed by atoms with van der Waals surface area (Å²) in [5, 5.41) is 3.12. The molecule has 1 rings (SSSR count). The van der Waals surface area contributed by atoms with Gasteiger partial charge in [0.15, 0.2) is 0 Å². The van der Waals surface area contributed by atoms with E-state index in [0.29, 0.717) is 0 Å². The first kappa shape index (κ1) is 11.0. The first-order chi connectivity index (χ1) is 6.38. The number of hydrogen-bond donors (Lipinski definition) is 0. The van der Waals surface area contributed by atoms with Gasteiger partial charge in [-0.1, -0.05) is 35.4 Å². The predicted octanol–water partition coefficient (Wildman–Crippen LogP) is 4.50. The number of allylic oxidation sites excluding steroid dienone is 1. The molecule has 0 atom stereocenters. The molecule has 0 aromatic carbocycles. The van der Waals surface area contributed by atoms with Crippen LogP contribution in [0, 0.1) is 0 Å². The molecule has 0 amide bonds. The maximum absolute atomic E-state index is 3.39. The van der Waals surface area contributed by atoms with Gasteiger partial charge in [-0.3, -0.25) is 0 Å². The van der Waals surface area contributed by atoms with Crippen molar-refractivity contribution in [2.45, 2.75) is 26.2 Å². The van der Waals surface area contributed by atoms with Gasteiger partial charge in [0.05, 0.1) is 0 Å². The van der Waals surface area contributed by atoms with Crippen LogP contribution in [-0.4, -0.2) is 5.33 Å². The highest BCUT2D eigenvalue weighted by molar-refractivity contribution is 9.09. The molecule has 13 heavy (non-hydrogen) atoms. The molecule has 0 aliphatic rings. The fourth-order valence-corrected chi connectivity index (χ4v) is 2.28. The lowest BCUT2D eigenvalue weighted by atomic mass is 10.1. The van der Waals surface area contributed by atoms with Crippen molar-refractivity contribution in [2.75, 3.05) is 5.33 Å². The van der Waals surface area contributed by atoms with E-state index >= 15 is 0 Å². The third-order valence-electron chi connectivity index (χ3n) is 1.94. The molecule has 1 aromatic rings. The summed E-state index contributed by atoms with van der Waals surface area (Å²) < 4.78 is 0. The average Bonchev–Trinajstić information content (AvgIpc) is 2.59. The van der Waals surface area contributed by atoms with Gasteiger partial charge in [-0.25, -0.2) is 0 Å². The molecule has 0 aliphatic carbocycles. The van der Waals surface area contributed by atoms with E-state index in [2.05, 4.69) is 46.5 Å². The molecule has 0 aliphatic heterocycles. The number of rotatable bonds is 5. The van der Waals surface area contributed by atoms with Crippen molar-refractivity contribution in [3.05, 3.63) is 28.0 Å². The maximum Gasteiger partial charge on any atom is 0.0299 e. The van der Waals surface area contributed by atoms with E-state index in [1.54, 1.807) is 0 Å². The Kier molecular flexibility index (Phi) is 5.40. The lowest BCUT2D eigenvalue weighted by Crippen LogP contribution is -1.83. The Labute approximate surface area is 92.8 Å². The van der Waals surface area contributed by atoms with E-state index in [9.17, 15) is 0 Å². The van der Waals surface area contributed by atoms with Gasteiger partial charge in [-0.2, -0.15) is 0 Å². The van der Waals surface area contributed by atoms with Gasteiger partial charge in [-0.05, 0) is 35.9 Å². The smallest absolute Gasteiger partial charge is 0.0299 e. The van der Waals surface area contributed by atoms with Crippen LogP contribution in [0.15, 0.2) is 17.5 Å². The standard InChI is InChI=1S/C11H15BrS/c1-2-3-5-10-7-9-13-11(10)6-4-8-12/h4,6-7,9H,2-3,5,8H2,1H3. The topological polar surface area (TPSA) is 0 Å². The summed E-state index contributed by atoms with van der Waals surface area (Å²) in [6.45, 7) is 2.24. The zero-order valence-corrected chi connectivity index (χ0v) is 10.3. The molecule has 1 heterocycles. The van der Waals surface area contributed by atoms with Gasteiger partial charge in [0.25, 0.3) is 0 Å². The van der Waals surface area contributed by atoms with Crippen LogP contribution in [0.3, 0.4) is 0 Å². The zero-order chi connectivity index (χ0) is 9.52. The minimum absolute atomic E-state index is 0.943. The van der Waals surface area contributed by atoms with Gasteiger partial charge >= 0.3 is 0 Å². The first-order valence-electron chi connectivity index (χ1n) is 4.67. The third-order valence-corrected chi connectivity index (χ3v) is 3.24. The highest BCUT2D eigenvalue weighted by Crippen LogP contribution is 2.20. The monoisotopic (exact) mass is 258 g/mol. The Morgan fingerprint density at radius 3 is 3.08 bits per heavy atom. The summed E-state index contributed by atoms with van der Waals surface area (Å²) in [4.78, 5) is 1.42. The Bertz CT molecular complexity index is 263. The van der Waals surface area contributed by atoms with Crippen molar-refractivity contribution >= 4 is 33.3 Å². The predicted molar refractivity (Wildman–Crippen MR) is 65.8 cm³/mol. The molecule has 0 spiro atoms. The maximum atomic E-state index is 3.39. The quantitative estimate of drug-likeness (QED) is 0.683. The molecule has 0 unspecified atom stereocenters. The van der Waals surface area contributed by atoms with E-state index in [1.807, 2.05) is 11.3 Å². The summed E-state index contributed by atoms with van der Waals surface area (Å²) in [5.41, 5.74) is 1.50. The largest absolute Gasteiger partial charge is 0.144 e.